The van der Waals surface area contributed by atoms with Crippen molar-refractivity contribution in [2.45, 2.75) is 51.5 Å². The summed E-state index contributed by atoms with van der Waals surface area (Å²) in [5, 5.41) is 5.41. The fraction of sp³-hybridized carbons (Fsp3) is 0.400. The van der Waals surface area contributed by atoms with Gasteiger partial charge in [-0.3, -0.25) is 4.79 Å². The SMILES string of the molecule is Cc1ccc2cc3cc(C(=O)NC4CCCCCC4)sc3nc2c1. The highest BCUT2D eigenvalue weighted by Crippen LogP contribution is 2.28. The van der Waals surface area contributed by atoms with Crippen LogP contribution in [-0.2, 0) is 0 Å². The number of fused-ring (bicyclic) bond motifs is 2. The van der Waals surface area contributed by atoms with Gasteiger partial charge in [0.25, 0.3) is 5.91 Å². The molecule has 0 atom stereocenters. The summed E-state index contributed by atoms with van der Waals surface area (Å²) in [6.45, 7) is 2.07. The number of hydrogen-bond acceptors (Lipinski definition) is 3. The number of aromatic nitrogens is 1. The highest BCUT2D eigenvalue weighted by atomic mass is 32.1. The van der Waals surface area contributed by atoms with E-state index in [0.717, 1.165) is 38.8 Å². The number of carbonyl (C=O) groups is 1. The second-order valence-corrected chi connectivity index (χ2v) is 7.88. The number of thiophene rings is 1. The monoisotopic (exact) mass is 338 g/mol. The predicted molar refractivity (Wildman–Crippen MR) is 101 cm³/mol. The molecule has 0 aliphatic heterocycles. The Morgan fingerprint density at radius 3 is 2.67 bits per heavy atom. The van der Waals surface area contributed by atoms with Gasteiger partial charge in [0.1, 0.15) is 4.83 Å². The van der Waals surface area contributed by atoms with Gasteiger partial charge in [-0.25, -0.2) is 4.98 Å². The van der Waals surface area contributed by atoms with E-state index in [-0.39, 0.29) is 5.91 Å². The zero-order valence-electron chi connectivity index (χ0n) is 14.0. The van der Waals surface area contributed by atoms with Gasteiger partial charge in [-0.2, -0.15) is 0 Å². The molecular formula is C20H22N2OS. The van der Waals surface area contributed by atoms with E-state index in [2.05, 4.69) is 36.5 Å². The minimum atomic E-state index is 0.0603. The minimum absolute atomic E-state index is 0.0603. The van der Waals surface area contributed by atoms with E-state index in [4.69, 9.17) is 4.98 Å². The molecule has 4 heteroatoms. The Kier molecular flexibility index (Phi) is 4.23. The van der Waals surface area contributed by atoms with Crippen LogP contribution < -0.4 is 5.32 Å². The van der Waals surface area contributed by atoms with Gasteiger partial charge >= 0.3 is 0 Å². The van der Waals surface area contributed by atoms with Crippen LogP contribution in [0, 0.1) is 6.92 Å². The lowest BCUT2D eigenvalue weighted by atomic mass is 10.1. The molecule has 1 aliphatic rings. The number of nitrogens with one attached hydrogen (secondary N) is 1. The summed E-state index contributed by atoms with van der Waals surface area (Å²) in [5.41, 5.74) is 2.21. The van der Waals surface area contributed by atoms with Crippen molar-refractivity contribution in [3.8, 4) is 0 Å². The van der Waals surface area contributed by atoms with Gasteiger partial charge in [0.05, 0.1) is 10.4 Å². The van der Waals surface area contributed by atoms with Crippen molar-refractivity contribution in [3.63, 3.8) is 0 Å². The second kappa shape index (κ2) is 6.52. The molecule has 1 aliphatic carbocycles. The number of aryl methyl sites for hydroxylation is 1. The quantitative estimate of drug-likeness (QED) is 0.652. The van der Waals surface area contributed by atoms with Crippen LogP contribution in [0.15, 0.2) is 30.3 Å². The molecule has 0 bridgehead atoms. The molecule has 0 saturated heterocycles. The lowest BCUT2D eigenvalue weighted by Crippen LogP contribution is -2.33. The molecule has 1 N–H and O–H groups in total. The molecular weight excluding hydrogens is 316 g/mol. The number of pyridine rings is 1. The molecule has 3 nitrogen and oxygen atoms in total. The highest BCUT2D eigenvalue weighted by molar-refractivity contribution is 7.20. The Hall–Kier alpha value is -1.94. The summed E-state index contributed by atoms with van der Waals surface area (Å²) in [6.07, 6.45) is 7.26. The Labute approximate surface area is 146 Å². The molecule has 3 aromatic rings. The highest BCUT2D eigenvalue weighted by Gasteiger charge is 2.18. The van der Waals surface area contributed by atoms with Crippen molar-refractivity contribution >= 4 is 38.4 Å². The van der Waals surface area contributed by atoms with Gasteiger partial charge in [-0.05, 0) is 43.5 Å². The first-order valence-corrected chi connectivity index (χ1v) is 9.62. The molecule has 0 spiro atoms. The van der Waals surface area contributed by atoms with Gasteiger partial charge in [-0.1, -0.05) is 37.8 Å². The molecule has 124 valence electrons. The summed E-state index contributed by atoms with van der Waals surface area (Å²) in [6, 6.07) is 10.7. The third kappa shape index (κ3) is 3.16. The second-order valence-electron chi connectivity index (χ2n) is 6.85. The van der Waals surface area contributed by atoms with Crippen LogP contribution in [-0.4, -0.2) is 16.9 Å². The van der Waals surface area contributed by atoms with E-state index in [1.165, 1.54) is 42.6 Å². The summed E-state index contributed by atoms with van der Waals surface area (Å²) in [4.78, 5) is 19.1. The van der Waals surface area contributed by atoms with E-state index in [1.807, 2.05) is 6.07 Å². The first-order valence-electron chi connectivity index (χ1n) is 8.81. The molecule has 1 amide bonds. The van der Waals surface area contributed by atoms with Crippen molar-refractivity contribution in [1.82, 2.24) is 10.3 Å². The fourth-order valence-electron chi connectivity index (χ4n) is 3.53. The Morgan fingerprint density at radius 2 is 1.88 bits per heavy atom. The predicted octanol–water partition coefficient (Wildman–Crippen LogP) is 5.21. The maximum Gasteiger partial charge on any atom is 0.261 e. The van der Waals surface area contributed by atoms with Gasteiger partial charge in [-0.15, -0.1) is 11.3 Å². The van der Waals surface area contributed by atoms with Crippen LogP contribution in [0.3, 0.4) is 0 Å². The topological polar surface area (TPSA) is 42.0 Å². The largest absolute Gasteiger partial charge is 0.349 e. The maximum atomic E-state index is 12.6. The van der Waals surface area contributed by atoms with E-state index < -0.39 is 0 Å². The number of hydrogen-bond donors (Lipinski definition) is 1. The number of nitrogens with zero attached hydrogens (tertiary/aromatic N) is 1. The molecule has 0 unspecified atom stereocenters. The first kappa shape index (κ1) is 15.6. The number of benzene rings is 1. The van der Waals surface area contributed by atoms with E-state index in [1.54, 1.807) is 0 Å². The van der Waals surface area contributed by atoms with Crippen LogP contribution in [0.5, 0.6) is 0 Å². The molecule has 0 radical (unpaired) electrons. The van der Waals surface area contributed by atoms with Crippen molar-refractivity contribution in [2.24, 2.45) is 0 Å². The summed E-state index contributed by atoms with van der Waals surface area (Å²) >= 11 is 1.50. The number of carbonyl (C=O) groups excluding carboxylic acids is 1. The average Bonchev–Trinajstić information content (AvgIpc) is 2.80. The molecule has 24 heavy (non-hydrogen) atoms. The molecule has 1 saturated carbocycles. The van der Waals surface area contributed by atoms with Gasteiger partial charge in [0.15, 0.2) is 0 Å². The minimum Gasteiger partial charge on any atom is -0.349 e. The average molecular weight is 338 g/mol. The molecule has 1 fully saturated rings. The van der Waals surface area contributed by atoms with Crippen molar-refractivity contribution in [2.75, 3.05) is 0 Å². The van der Waals surface area contributed by atoms with Crippen LogP contribution >= 0.6 is 11.3 Å². The standard InChI is InChI=1S/C20H22N2OS/c1-13-8-9-14-11-15-12-18(24-20(15)22-17(14)10-13)19(23)21-16-6-4-2-3-5-7-16/h8-12,16H,2-7H2,1H3,(H,21,23). The van der Waals surface area contributed by atoms with Gasteiger partial charge in [0.2, 0.25) is 0 Å². The smallest absolute Gasteiger partial charge is 0.261 e. The van der Waals surface area contributed by atoms with Crippen molar-refractivity contribution in [1.29, 1.82) is 0 Å². The van der Waals surface area contributed by atoms with Crippen LogP contribution in [0.2, 0.25) is 0 Å². The normalized spacial score (nSPS) is 16.4. The summed E-state index contributed by atoms with van der Waals surface area (Å²) in [5.74, 6) is 0.0603. The van der Waals surface area contributed by atoms with E-state index in [9.17, 15) is 4.79 Å². The van der Waals surface area contributed by atoms with Gasteiger partial charge < -0.3 is 5.32 Å². The lowest BCUT2D eigenvalue weighted by molar-refractivity contribution is 0.0937. The van der Waals surface area contributed by atoms with Crippen molar-refractivity contribution in [3.05, 3.63) is 40.8 Å². The maximum absolute atomic E-state index is 12.6. The first-order chi connectivity index (χ1) is 11.7. The summed E-state index contributed by atoms with van der Waals surface area (Å²) < 4.78 is 0. The van der Waals surface area contributed by atoms with Crippen molar-refractivity contribution < 1.29 is 4.79 Å². The van der Waals surface area contributed by atoms with Gasteiger partial charge in [0, 0.05) is 16.8 Å². The zero-order chi connectivity index (χ0) is 16.5. The lowest BCUT2D eigenvalue weighted by Gasteiger charge is -2.15. The molecule has 2 heterocycles. The third-order valence-corrected chi connectivity index (χ3v) is 5.92. The summed E-state index contributed by atoms with van der Waals surface area (Å²) in [7, 11) is 0. The Balaban J connectivity index is 1.61. The Bertz CT molecular complexity index is 891. The van der Waals surface area contributed by atoms with Crippen LogP contribution in [0.25, 0.3) is 21.1 Å². The van der Waals surface area contributed by atoms with E-state index in [0.29, 0.717) is 6.04 Å². The molecule has 1 aromatic carbocycles. The van der Waals surface area contributed by atoms with E-state index >= 15 is 0 Å². The Morgan fingerprint density at radius 1 is 1.08 bits per heavy atom. The number of amides is 1. The zero-order valence-corrected chi connectivity index (χ0v) is 14.8. The van der Waals surface area contributed by atoms with Crippen LogP contribution in [0.1, 0.15) is 53.8 Å². The third-order valence-electron chi connectivity index (χ3n) is 4.87. The molecule has 4 rings (SSSR count). The van der Waals surface area contributed by atoms with Crippen LogP contribution in [0.4, 0.5) is 0 Å². The fourth-order valence-corrected chi connectivity index (χ4v) is 4.45. The number of rotatable bonds is 2. The molecule has 2 aromatic heterocycles.